The molecule has 0 spiro atoms. The minimum absolute atomic E-state index is 0.102. The van der Waals surface area contributed by atoms with Gasteiger partial charge in [-0.1, -0.05) is 0 Å². The molecule has 0 aliphatic heterocycles. The van der Waals surface area contributed by atoms with Gasteiger partial charge in [-0.25, -0.2) is 0 Å². The summed E-state index contributed by atoms with van der Waals surface area (Å²) in [6.45, 7) is 0. The van der Waals surface area contributed by atoms with Gasteiger partial charge >= 0.3 is 11.6 Å². The first-order valence-corrected chi connectivity index (χ1v) is 2.95. The lowest BCUT2D eigenvalue weighted by molar-refractivity contribution is -0.825. The van der Waals surface area contributed by atoms with E-state index >= 15 is 0 Å². The third-order valence-corrected chi connectivity index (χ3v) is 1.17. The molecule has 0 atom stereocenters. The third kappa shape index (κ3) is 1.13. The first-order chi connectivity index (χ1) is 5.54. The van der Waals surface area contributed by atoms with Gasteiger partial charge < -0.3 is 20.2 Å². The van der Waals surface area contributed by atoms with Crippen LogP contribution in [0.3, 0.4) is 0 Å². The molecule has 0 amide bonds. The molecule has 0 aliphatic rings. The SMILES string of the molecule is CN(C)c1no[n+]([O-])c1[N+](=O)[O-]. The van der Waals surface area contributed by atoms with Gasteiger partial charge in [-0.05, 0) is 0 Å². The summed E-state index contributed by atoms with van der Waals surface area (Å²) in [5.41, 5.74) is 0. The summed E-state index contributed by atoms with van der Waals surface area (Å²) >= 11 is 0. The summed E-state index contributed by atoms with van der Waals surface area (Å²) in [6, 6.07) is 0. The average Bonchev–Trinajstić information content (AvgIpc) is 2.30. The van der Waals surface area contributed by atoms with Gasteiger partial charge in [-0.15, -0.1) is 0 Å². The fraction of sp³-hybridized carbons (Fsp3) is 0.500. The normalized spacial score (nSPS) is 9.83. The van der Waals surface area contributed by atoms with Crippen LogP contribution in [0.2, 0.25) is 0 Å². The number of aromatic nitrogens is 2. The second-order valence-electron chi connectivity index (χ2n) is 2.23. The maximum atomic E-state index is 10.6. The Morgan fingerprint density at radius 1 is 1.67 bits per heavy atom. The molecule has 0 saturated heterocycles. The molecule has 8 heteroatoms. The van der Waals surface area contributed by atoms with Crippen LogP contribution in [0.4, 0.5) is 11.6 Å². The van der Waals surface area contributed by atoms with Gasteiger partial charge in [0.1, 0.15) is 5.16 Å². The molecule has 66 valence electrons. The molecular weight excluding hydrogens is 168 g/mol. The summed E-state index contributed by atoms with van der Waals surface area (Å²) in [5.74, 6) is -0.810. The van der Waals surface area contributed by atoms with Crippen LogP contribution < -0.4 is 9.80 Å². The number of hydrogen-bond acceptors (Lipinski definition) is 6. The van der Waals surface area contributed by atoms with Crippen LogP contribution in [0.25, 0.3) is 0 Å². The van der Waals surface area contributed by atoms with Gasteiger partial charge in [0.2, 0.25) is 0 Å². The lowest BCUT2D eigenvalue weighted by Gasteiger charge is -1.98. The van der Waals surface area contributed by atoms with E-state index in [-0.39, 0.29) is 10.7 Å². The Morgan fingerprint density at radius 2 is 2.25 bits per heavy atom. The number of rotatable bonds is 2. The van der Waals surface area contributed by atoms with E-state index in [1.807, 2.05) is 0 Å². The van der Waals surface area contributed by atoms with Crippen molar-refractivity contribution >= 4 is 11.6 Å². The van der Waals surface area contributed by atoms with Crippen molar-refractivity contribution in [3.63, 3.8) is 0 Å². The maximum absolute atomic E-state index is 10.6. The van der Waals surface area contributed by atoms with Crippen LogP contribution >= 0.6 is 0 Å². The largest absolute Gasteiger partial charge is 0.513 e. The molecule has 0 bridgehead atoms. The lowest BCUT2D eigenvalue weighted by Crippen LogP contribution is -2.27. The minimum atomic E-state index is -0.848. The van der Waals surface area contributed by atoms with Crippen molar-refractivity contribution in [2.24, 2.45) is 0 Å². The Bertz CT molecular complexity index is 306. The fourth-order valence-corrected chi connectivity index (χ4v) is 0.667. The van der Waals surface area contributed by atoms with E-state index in [4.69, 9.17) is 0 Å². The van der Waals surface area contributed by atoms with Crippen molar-refractivity contribution in [1.82, 2.24) is 5.16 Å². The zero-order valence-corrected chi connectivity index (χ0v) is 6.42. The molecule has 0 radical (unpaired) electrons. The second kappa shape index (κ2) is 2.64. The standard InChI is InChI=1S/C4H6N4O4/c1-6(2)3-4(7(9)10)8(11)12-5-3/h1-2H3. The fourth-order valence-electron chi connectivity index (χ4n) is 0.667. The quantitative estimate of drug-likeness (QED) is 0.333. The van der Waals surface area contributed by atoms with Gasteiger partial charge in [0.15, 0.2) is 0 Å². The molecule has 1 rings (SSSR count). The predicted molar refractivity (Wildman–Crippen MR) is 36.4 cm³/mol. The van der Waals surface area contributed by atoms with Crippen LogP contribution in [0.15, 0.2) is 4.63 Å². The van der Waals surface area contributed by atoms with E-state index in [1.54, 1.807) is 0 Å². The minimum Gasteiger partial charge on any atom is -0.324 e. The van der Waals surface area contributed by atoms with Gasteiger partial charge in [0, 0.05) is 19.0 Å². The molecular formula is C4H6N4O4. The highest BCUT2D eigenvalue weighted by Gasteiger charge is 2.32. The average molecular weight is 174 g/mol. The molecule has 0 fully saturated rings. The maximum Gasteiger partial charge on any atom is 0.513 e. The van der Waals surface area contributed by atoms with E-state index in [0.717, 1.165) is 0 Å². The highest BCUT2D eigenvalue weighted by Crippen LogP contribution is 2.18. The molecule has 8 nitrogen and oxygen atoms in total. The van der Waals surface area contributed by atoms with Gasteiger partial charge in [-0.3, -0.25) is 0 Å². The molecule has 0 saturated carbocycles. The van der Waals surface area contributed by atoms with Crippen molar-refractivity contribution in [3.8, 4) is 0 Å². The van der Waals surface area contributed by atoms with Crippen molar-refractivity contribution in [3.05, 3.63) is 15.3 Å². The van der Waals surface area contributed by atoms with E-state index in [1.165, 1.54) is 19.0 Å². The summed E-state index contributed by atoms with van der Waals surface area (Å²) in [7, 11) is 3.04. The van der Waals surface area contributed by atoms with Gasteiger partial charge in [0.25, 0.3) is 0 Å². The number of anilines is 1. The topological polar surface area (TPSA) is 99.4 Å². The second-order valence-corrected chi connectivity index (χ2v) is 2.23. The number of nitrogens with zero attached hydrogens (tertiary/aromatic N) is 4. The molecule has 12 heavy (non-hydrogen) atoms. The number of hydrogen-bond donors (Lipinski definition) is 0. The summed E-state index contributed by atoms with van der Waals surface area (Å²) in [4.78, 5) is 10.5. The van der Waals surface area contributed by atoms with Gasteiger partial charge in [-0.2, -0.15) is 4.63 Å². The van der Waals surface area contributed by atoms with Crippen molar-refractivity contribution in [2.75, 3.05) is 19.0 Å². The molecule has 1 aromatic rings. The smallest absolute Gasteiger partial charge is 0.324 e. The van der Waals surface area contributed by atoms with Crippen LogP contribution in [-0.4, -0.2) is 24.2 Å². The summed E-state index contributed by atoms with van der Waals surface area (Å²) < 4.78 is 4.05. The first kappa shape index (κ1) is 8.24. The number of nitro groups is 1. The molecule has 0 aliphatic carbocycles. The Labute approximate surface area is 66.7 Å². The molecule has 0 N–H and O–H groups in total. The Kier molecular flexibility index (Phi) is 1.81. The van der Waals surface area contributed by atoms with Crippen LogP contribution in [-0.2, 0) is 0 Å². The summed E-state index contributed by atoms with van der Waals surface area (Å²) in [6.07, 6.45) is 0. The first-order valence-electron chi connectivity index (χ1n) is 2.95. The van der Waals surface area contributed by atoms with Crippen molar-refractivity contribution in [1.29, 1.82) is 0 Å². The van der Waals surface area contributed by atoms with Crippen LogP contribution in [0, 0.1) is 15.3 Å². The molecule has 0 unspecified atom stereocenters. The zero-order chi connectivity index (χ0) is 9.30. The van der Waals surface area contributed by atoms with E-state index in [0.29, 0.717) is 0 Å². The zero-order valence-electron chi connectivity index (χ0n) is 6.42. The molecule has 1 aromatic heterocycles. The van der Waals surface area contributed by atoms with Crippen molar-refractivity contribution in [2.45, 2.75) is 0 Å². The third-order valence-electron chi connectivity index (χ3n) is 1.17. The Hall–Kier alpha value is -1.86. The van der Waals surface area contributed by atoms with Crippen LogP contribution in [0.1, 0.15) is 0 Å². The van der Waals surface area contributed by atoms with E-state index < -0.39 is 10.7 Å². The molecule has 1 heterocycles. The van der Waals surface area contributed by atoms with E-state index in [9.17, 15) is 15.3 Å². The predicted octanol–water partition coefficient (Wildman–Crippen LogP) is -0.718. The Balaban J connectivity index is 3.21. The molecule has 0 aromatic carbocycles. The highest BCUT2D eigenvalue weighted by molar-refractivity contribution is 5.47. The van der Waals surface area contributed by atoms with E-state index in [2.05, 4.69) is 9.79 Å². The monoisotopic (exact) mass is 174 g/mol. The van der Waals surface area contributed by atoms with Crippen molar-refractivity contribution < 1.29 is 14.5 Å². The lowest BCUT2D eigenvalue weighted by atomic mass is 10.6. The highest BCUT2D eigenvalue weighted by atomic mass is 16.8. The van der Waals surface area contributed by atoms with Crippen LogP contribution in [0.5, 0.6) is 0 Å². The summed E-state index contributed by atoms with van der Waals surface area (Å²) in [5, 5.41) is 24.1. The van der Waals surface area contributed by atoms with Gasteiger partial charge in [0.05, 0.1) is 4.90 Å². The Morgan fingerprint density at radius 3 is 2.58 bits per heavy atom.